The van der Waals surface area contributed by atoms with Gasteiger partial charge in [0.1, 0.15) is 6.10 Å². The summed E-state index contributed by atoms with van der Waals surface area (Å²) in [6, 6.07) is 0. The summed E-state index contributed by atoms with van der Waals surface area (Å²) >= 11 is 0. The van der Waals surface area contributed by atoms with Gasteiger partial charge in [0.25, 0.3) is 0 Å². The first-order chi connectivity index (χ1) is 25.2. The lowest BCUT2D eigenvalue weighted by molar-refractivity contribution is -0.183. The van der Waals surface area contributed by atoms with Crippen LogP contribution in [0.4, 0.5) is 0 Å². The molecule has 4 saturated carbocycles. The molecule has 2 N–H and O–H groups in total. The first-order valence-corrected chi connectivity index (χ1v) is 23.0. The van der Waals surface area contributed by atoms with Crippen LogP contribution in [0.25, 0.3) is 0 Å². The molecule has 0 aromatic heterocycles. The van der Waals surface area contributed by atoms with Crippen LogP contribution in [0.3, 0.4) is 0 Å². The molecule has 300 valence electrons. The molecule has 1 aliphatic heterocycles. The standard InChI is InChI=1S/C46H82N2O4/c1-5-6-7-8-9-10-11-12-13-14-15-16-29-47-42(50)24-21-35(2)38-22-23-39-44-40(26-28-46(38,39)4)45(3)27-25-37(33-36(45)34-41(44)49)52-43(51)20-19-32-48-30-17-18-31-48/h35-41,44,49H,5-34H2,1-4H3,(H,47,50)/t35-,36+,37-,38-,39+,40+,41+,44+,45+,46-/m1/s1. The molecule has 5 rings (SSSR count). The molecule has 52 heavy (non-hydrogen) atoms. The van der Waals surface area contributed by atoms with E-state index in [9.17, 15) is 14.7 Å². The minimum absolute atomic E-state index is 0.0151. The first-order valence-electron chi connectivity index (χ1n) is 23.0. The van der Waals surface area contributed by atoms with Gasteiger partial charge >= 0.3 is 5.97 Å². The van der Waals surface area contributed by atoms with E-state index in [1.54, 1.807) is 0 Å². The van der Waals surface area contributed by atoms with Crippen molar-refractivity contribution in [3.8, 4) is 0 Å². The SMILES string of the molecule is CCCCCCCCCCCCCCNC(=O)CC[C@@H](C)[C@H]1CC[C@H]2[C@@H]3[C@@H](O)C[C@@H]4C[C@H](OC(=O)CCCN5CCCC5)CC[C@]4(C)[C@H]3CC[C@]12C. The zero-order chi connectivity index (χ0) is 37.0. The number of amides is 1. The third-order valence-corrected chi connectivity index (χ3v) is 15.9. The van der Waals surface area contributed by atoms with Crippen LogP contribution >= 0.6 is 0 Å². The molecule has 0 bridgehead atoms. The molecule has 5 fully saturated rings. The van der Waals surface area contributed by atoms with E-state index in [-0.39, 0.29) is 34.9 Å². The summed E-state index contributed by atoms with van der Waals surface area (Å²) in [5.41, 5.74) is 0.497. The van der Waals surface area contributed by atoms with Crippen LogP contribution in [-0.4, -0.2) is 60.3 Å². The summed E-state index contributed by atoms with van der Waals surface area (Å²) in [5.74, 6) is 3.37. The van der Waals surface area contributed by atoms with Crippen molar-refractivity contribution in [2.24, 2.45) is 46.3 Å². The Bertz CT molecular complexity index is 1080. The Kier molecular flexibility index (Phi) is 16.7. The third-order valence-electron chi connectivity index (χ3n) is 15.9. The normalized spacial score (nSPS) is 35.1. The average molecular weight is 727 g/mol. The van der Waals surface area contributed by atoms with Crippen molar-refractivity contribution in [3.05, 3.63) is 0 Å². The third kappa shape index (κ3) is 11.0. The number of aliphatic hydroxyl groups excluding tert-OH is 1. The number of ether oxygens (including phenoxy) is 1. The van der Waals surface area contributed by atoms with Gasteiger partial charge in [0, 0.05) is 19.4 Å². The van der Waals surface area contributed by atoms with Crippen molar-refractivity contribution in [2.45, 2.75) is 207 Å². The number of esters is 1. The van der Waals surface area contributed by atoms with E-state index < -0.39 is 0 Å². The van der Waals surface area contributed by atoms with Crippen molar-refractivity contribution in [1.82, 2.24) is 10.2 Å². The number of hydrogen-bond donors (Lipinski definition) is 2. The molecule has 1 heterocycles. The fourth-order valence-electron chi connectivity index (χ4n) is 12.8. The topological polar surface area (TPSA) is 78.9 Å². The molecule has 10 atom stereocenters. The van der Waals surface area contributed by atoms with Crippen LogP contribution in [-0.2, 0) is 14.3 Å². The van der Waals surface area contributed by atoms with E-state index in [0.29, 0.717) is 48.3 Å². The lowest BCUT2D eigenvalue weighted by Crippen LogP contribution is -2.58. The number of rotatable bonds is 22. The Balaban J connectivity index is 0.987. The highest BCUT2D eigenvalue weighted by atomic mass is 16.5. The number of fused-ring (bicyclic) bond motifs is 5. The van der Waals surface area contributed by atoms with E-state index in [0.717, 1.165) is 58.0 Å². The highest BCUT2D eigenvalue weighted by molar-refractivity contribution is 5.75. The first kappa shape index (κ1) is 42.0. The zero-order valence-electron chi connectivity index (χ0n) is 34.5. The van der Waals surface area contributed by atoms with Gasteiger partial charge < -0.3 is 20.1 Å². The highest BCUT2D eigenvalue weighted by Crippen LogP contribution is 2.68. The van der Waals surface area contributed by atoms with Crippen molar-refractivity contribution in [2.75, 3.05) is 26.2 Å². The fraction of sp³-hybridized carbons (Fsp3) is 0.957. The molecular formula is C46H82N2O4. The maximum Gasteiger partial charge on any atom is 0.306 e. The van der Waals surface area contributed by atoms with Gasteiger partial charge in [-0.15, -0.1) is 0 Å². The minimum atomic E-state index is -0.247. The van der Waals surface area contributed by atoms with Gasteiger partial charge in [-0.05, 0) is 149 Å². The second-order valence-electron chi connectivity index (χ2n) is 19.3. The van der Waals surface area contributed by atoms with Crippen LogP contribution in [0.2, 0.25) is 0 Å². The van der Waals surface area contributed by atoms with Crippen LogP contribution < -0.4 is 5.32 Å². The van der Waals surface area contributed by atoms with E-state index >= 15 is 0 Å². The minimum Gasteiger partial charge on any atom is -0.462 e. The smallest absolute Gasteiger partial charge is 0.306 e. The second-order valence-corrected chi connectivity index (χ2v) is 19.3. The number of nitrogens with zero attached hydrogens (tertiary/aromatic N) is 1. The summed E-state index contributed by atoms with van der Waals surface area (Å²) in [6.07, 6.45) is 30.4. The van der Waals surface area contributed by atoms with Crippen molar-refractivity contribution >= 4 is 11.9 Å². The Hall–Kier alpha value is -1.14. The van der Waals surface area contributed by atoms with Gasteiger partial charge in [-0.3, -0.25) is 9.59 Å². The molecule has 1 saturated heterocycles. The van der Waals surface area contributed by atoms with E-state index in [4.69, 9.17) is 4.74 Å². The molecule has 1 amide bonds. The molecule has 0 spiro atoms. The van der Waals surface area contributed by atoms with E-state index in [2.05, 4.69) is 37.9 Å². The van der Waals surface area contributed by atoms with Crippen molar-refractivity contribution < 1.29 is 19.4 Å². The number of hydrogen-bond acceptors (Lipinski definition) is 5. The van der Waals surface area contributed by atoms with Gasteiger partial charge in [0.05, 0.1) is 6.10 Å². The Morgan fingerprint density at radius 1 is 0.788 bits per heavy atom. The van der Waals surface area contributed by atoms with Crippen LogP contribution in [0.5, 0.6) is 0 Å². The van der Waals surface area contributed by atoms with Gasteiger partial charge in [-0.25, -0.2) is 0 Å². The monoisotopic (exact) mass is 727 g/mol. The van der Waals surface area contributed by atoms with Crippen LogP contribution in [0.15, 0.2) is 0 Å². The van der Waals surface area contributed by atoms with Crippen LogP contribution in [0, 0.1) is 46.3 Å². The summed E-state index contributed by atoms with van der Waals surface area (Å²) < 4.78 is 6.08. The molecule has 0 aromatic carbocycles. The quantitative estimate of drug-likeness (QED) is 0.0858. The van der Waals surface area contributed by atoms with E-state index in [1.807, 2.05) is 0 Å². The van der Waals surface area contributed by atoms with Gasteiger partial charge in [-0.1, -0.05) is 98.3 Å². The fourth-order valence-corrected chi connectivity index (χ4v) is 12.8. The highest BCUT2D eigenvalue weighted by Gasteiger charge is 2.63. The summed E-state index contributed by atoms with van der Waals surface area (Å²) in [5, 5.41) is 15.1. The molecule has 6 heteroatoms. The number of nitrogens with one attached hydrogen (secondary N) is 1. The number of carbonyl (C=O) groups excluding carboxylic acids is 2. The predicted octanol–water partition coefficient (Wildman–Crippen LogP) is 10.6. The summed E-state index contributed by atoms with van der Waals surface area (Å²) in [6.45, 7) is 14.0. The number of carbonyl (C=O) groups is 2. The molecule has 0 aromatic rings. The maximum atomic E-state index is 12.8. The predicted molar refractivity (Wildman–Crippen MR) is 214 cm³/mol. The summed E-state index contributed by atoms with van der Waals surface area (Å²) in [4.78, 5) is 28.1. The molecule has 4 aliphatic carbocycles. The van der Waals surface area contributed by atoms with Crippen LogP contribution in [0.1, 0.15) is 195 Å². The van der Waals surface area contributed by atoms with E-state index in [1.165, 1.54) is 122 Å². The molecule has 6 nitrogen and oxygen atoms in total. The summed E-state index contributed by atoms with van der Waals surface area (Å²) in [7, 11) is 0. The average Bonchev–Trinajstić information content (AvgIpc) is 3.77. The van der Waals surface area contributed by atoms with Gasteiger partial charge in [-0.2, -0.15) is 0 Å². The lowest BCUT2D eigenvalue weighted by Gasteiger charge is -2.62. The maximum absolute atomic E-state index is 12.8. The lowest BCUT2D eigenvalue weighted by atomic mass is 9.43. The van der Waals surface area contributed by atoms with Crippen molar-refractivity contribution in [3.63, 3.8) is 0 Å². The number of aliphatic hydroxyl groups is 1. The van der Waals surface area contributed by atoms with Crippen molar-refractivity contribution in [1.29, 1.82) is 0 Å². The molecule has 5 aliphatic rings. The molecule has 0 unspecified atom stereocenters. The Morgan fingerprint density at radius 3 is 2.12 bits per heavy atom. The Morgan fingerprint density at radius 2 is 1.42 bits per heavy atom. The largest absolute Gasteiger partial charge is 0.462 e. The molecular weight excluding hydrogens is 645 g/mol. The number of unbranched alkanes of at least 4 members (excludes halogenated alkanes) is 11. The second kappa shape index (κ2) is 20.7. The Labute approximate surface area is 320 Å². The molecule has 0 radical (unpaired) electrons. The number of likely N-dealkylation sites (tertiary alicyclic amines) is 1. The van der Waals surface area contributed by atoms with Gasteiger partial charge in [0.2, 0.25) is 5.91 Å². The van der Waals surface area contributed by atoms with Gasteiger partial charge in [0.15, 0.2) is 0 Å². The zero-order valence-corrected chi connectivity index (χ0v) is 34.5.